The van der Waals surface area contributed by atoms with Gasteiger partial charge in [-0.2, -0.15) is 0 Å². The number of ether oxygens (including phenoxy) is 1. The van der Waals surface area contributed by atoms with Crippen LogP contribution in [-0.2, 0) is 0 Å². The average Bonchev–Trinajstić information content (AvgIpc) is 2.49. The van der Waals surface area contributed by atoms with Crippen molar-refractivity contribution in [3.8, 4) is 5.75 Å². The average molecular weight is 323 g/mol. The molecule has 0 aliphatic heterocycles. The third-order valence-electron chi connectivity index (χ3n) is 4.49. The van der Waals surface area contributed by atoms with Crippen molar-refractivity contribution in [1.29, 1.82) is 0 Å². The first-order valence-electron chi connectivity index (χ1n) is 8.36. The largest absolute Gasteiger partial charge is 0.497 e. The van der Waals surface area contributed by atoms with Crippen LogP contribution in [0.2, 0.25) is 0 Å². The van der Waals surface area contributed by atoms with Crippen LogP contribution < -0.4 is 15.8 Å². The molecule has 1 fully saturated rings. The Morgan fingerprint density at radius 3 is 2.50 bits per heavy atom. The molecule has 0 bridgehead atoms. The lowest BCUT2D eigenvalue weighted by molar-refractivity contribution is 0.351. The predicted octanol–water partition coefficient (Wildman–Crippen LogP) is 3.98. The fourth-order valence-electron chi connectivity index (χ4n) is 3.28. The van der Waals surface area contributed by atoms with Crippen LogP contribution in [0.5, 0.6) is 5.75 Å². The Morgan fingerprint density at radius 1 is 1.12 bits per heavy atom. The van der Waals surface area contributed by atoms with E-state index in [-0.39, 0.29) is 0 Å². The van der Waals surface area contributed by atoms with E-state index in [4.69, 9.17) is 10.5 Å². The third-order valence-corrected chi connectivity index (χ3v) is 4.49. The normalized spacial score (nSPS) is 20.4. The molecule has 24 heavy (non-hydrogen) atoms. The molecule has 0 saturated heterocycles. The first-order valence-corrected chi connectivity index (χ1v) is 8.36. The summed E-state index contributed by atoms with van der Waals surface area (Å²) in [5.74, 6) is 1.95. The Morgan fingerprint density at radius 2 is 1.83 bits per heavy atom. The molecule has 1 aliphatic rings. The summed E-state index contributed by atoms with van der Waals surface area (Å²) >= 11 is 0. The summed E-state index contributed by atoms with van der Waals surface area (Å²) in [4.78, 5) is 4.61. The molecular formula is C20H25N3O. The fraction of sp³-hybridized carbons (Fsp3) is 0.350. The Balaban J connectivity index is 1.58. The van der Waals surface area contributed by atoms with Crippen molar-refractivity contribution in [1.82, 2.24) is 0 Å². The molecule has 4 nitrogen and oxygen atoms in total. The Bertz CT molecular complexity index is 728. The number of aliphatic imine (C=N–C) groups is 1. The van der Waals surface area contributed by atoms with Gasteiger partial charge in [0.25, 0.3) is 0 Å². The number of benzene rings is 2. The maximum Gasteiger partial charge on any atom is 0.193 e. The lowest BCUT2D eigenvalue weighted by Crippen LogP contribution is -2.31. The molecule has 0 aromatic heterocycles. The molecule has 0 atom stereocenters. The predicted molar refractivity (Wildman–Crippen MR) is 99.9 cm³/mol. The van der Waals surface area contributed by atoms with Crippen LogP contribution in [0.15, 0.2) is 47.5 Å². The number of nitrogens with two attached hydrogens (primary N) is 1. The summed E-state index contributed by atoms with van der Waals surface area (Å²) in [6.07, 6.45) is 2.06. The van der Waals surface area contributed by atoms with Gasteiger partial charge < -0.3 is 15.8 Å². The maximum absolute atomic E-state index is 6.06. The molecule has 1 saturated carbocycles. The molecule has 0 amide bonds. The topological polar surface area (TPSA) is 59.6 Å². The zero-order valence-electron chi connectivity index (χ0n) is 14.5. The van der Waals surface area contributed by atoms with Gasteiger partial charge in [-0.05, 0) is 73.6 Å². The van der Waals surface area contributed by atoms with Gasteiger partial charge >= 0.3 is 0 Å². The maximum atomic E-state index is 6.06. The summed E-state index contributed by atoms with van der Waals surface area (Å²) in [7, 11) is 1.70. The number of rotatable bonds is 4. The first kappa shape index (κ1) is 16.4. The van der Waals surface area contributed by atoms with Crippen LogP contribution in [0.25, 0.3) is 0 Å². The molecule has 4 heteroatoms. The minimum absolute atomic E-state index is 0.291. The third kappa shape index (κ3) is 3.88. The summed E-state index contributed by atoms with van der Waals surface area (Å²) in [5, 5.41) is 3.20. The van der Waals surface area contributed by atoms with Gasteiger partial charge in [-0.25, -0.2) is 4.99 Å². The van der Waals surface area contributed by atoms with Gasteiger partial charge in [0.05, 0.1) is 13.2 Å². The van der Waals surface area contributed by atoms with Gasteiger partial charge in [-0.3, -0.25) is 0 Å². The zero-order chi connectivity index (χ0) is 17.1. The van der Waals surface area contributed by atoms with Gasteiger partial charge in [0, 0.05) is 5.69 Å². The molecule has 126 valence electrons. The van der Waals surface area contributed by atoms with Crippen molar-refractivity contribution in [2.24, 2.45) is 10.7 Å². The van der Waals surface area contributed by atoms with E-state index < -0.39 is 0 Å². The number of nitrogens with one attached hydrogen (secondary N) is 1. The summed E-state index contributed by atoms with van der Waals surface area (Å²) in [5.41, 5.74) is 10.8. The summed E-state index contributed by atoms with van der Waals surface area (Å²) < 4.78 is 5.29. The highest BCUT2D eigenvalue weighted by Crippen LogP contribution is 2.39. The standard InChI is InChI=1S/C20H25N3O/c1-13-7-14(2)9-17(8-13)22-20(21)23-18-10-16(11-18)15-5-4-6-19(12-15)24-3/h4-9,12,16,18H,10-11H2,1-3H3,(H3,21,22,23). The van der Waals surface area contributed by atoms with Gasteiger partial charge in [-0.1, -0.05) is 18.2 Å². The summed E-state index contributed by atoms with van der Waals surface area (Å²) in [6.45, 7) is 4.16. The van der Waals surface area contributed by atoms with Crippen LogP contribution in [0.3, 0.4) is 0 Å². The molecule has 1 aliphatic carbocycles. The second-order valence-electron chi connectivity index (χ2n) is 6.61. The van der Waals surface area contributed by atoms with Crippen molar-refractivity contribution >= 4 is 11.6 Å². The monoisotopic (exact) mass is 323 g/mol. The van der Waals surface area contributed by atoms with E-state index in [1.54, 1.807) is 7.11 Å². The molecule has 0 spiro atoms. The number of anilines is 1. The molecule has 0 heterocycles. The Labute approximate surface area is 143 Å². The van der Waals surface area contributed by atoms with Crippen molar-refractivity contribution in [3.63, 3.8) is 0 Å². The van der Waals surface area contributed by atoms with Crippen molar-refractivity contribution in [3.05, 3.63) is 59.2 Å². The van der Waals surface area contributed by atoms with E-state index in [0.29, 0.717) is 17.9 Å². The van der Waals surface area contributed by atoms with Crippen LogP contribution in [0.1, 0.15) is 35.4 Å². The number of guanidine groups is 1. The van der Waals surface area contributed by atoms with E-state index in [9.17, 15) is 0 Å². The number of hydrogen-bond donors (Lipinski definition) is 2. The van der Waals surface area contributed by atoms with Crippen molar-refractivity contribution < 1.29 is 4.74 Å². The number of hydrogen-bond acceptors (Lipinski definition) is 2. The van der Waals surface area contributed by atoms with Crippen LogP contribution in [0.4, 0.5) is 5.69 Å². The Kier molecular flexibility index (Phi) is 4.74. The second-order valence-corrected chi connectivity index (χ2v) is 6.61. The van der Waals surface area contributed by atoms with Gasteiger partial charge in [0.1, 0.15) is 5.75 Å². The molecule has 2 aromatic carbocycles. The van der Waals surface area contributed by atoms with E-state index in [1.807, 2.05) is 12.1 Å². The van der Waals surface area contributed by atoms with Crippen molar-refractivity contribution in [2.75, 3.05) is 12.4 Å². The second kappa shape index (κ2) is 6.95. The highest BCUT2D eigenvalue weighted by Gasteiger charge is 2.30. The van der Waals surface area contributed by atoms with E-state index in [0.717, 1.165) is 24.3 Å². The molecular weight excluding hydrogens is 298 g/mol. The smallest absolute Gasteiger partial charge is 0.193 e. The molecule has 0 radical (unpaired) electrons. The van der Waals surface area contributed by atoms with Crippen LogP contribution in [-0.4, -0.2) is 19.1 Å². The van der Waals surface area contributed by atoms with Crippen LogP contribution in [0, 0.1) is 13.8 Å². The van der Waals surface area contributed by atoms with Gasteiger partial charge in [-0.15, -0.1) is 0 Å². The fourth-order valence-corrected chi connectivity index (χ4v) is 3.28. The lowest BCUT2D eigenvalue weighted by Gasteiger charge is -2.33. The van der Waals surface area contributed by atoms with Gasteiger partial charge in [0.15, 0.2) is 5.96 Å². The van der Waals surface area contributed by atoms with Crippen molar-refractivity contribution in [2.45, 2.75) is 38.6 Å². The highest BCUT2D eigenvalue weighted by atomic mass is 16.5. The number of nitrogens with zero attached hydrogens (tertiary/aromatic N) is 1. The highest BCUT2D eigenvalue weighted by molar-refractivity contribution is 5.92. The minimum atomic E-state index is 0.291. The van der Waals surface area contributed by atoms with E-state index in [1.165, 1.54) is 16.7 Å². The zero-order valence-corrected chi connectivity index (χ0v) is 14.5. The van der Waals surface area contributed by atoms with E-state index >= 15 is 0 Å². The molecule has 3 rings (SSSR count). The summed E-state index contributed by atoms with van der Waals surface area (Å²) in [6, 6.07) is 14.9. The molecule has 2 aromatic rings. The Hall–Kier alpha value is -2.49. The minimum Gasteiger partial charge on any atom is -0.497 e. The van der Waals surface area contributed by atoms with Gasteiger partial charge in [0.2, 0.25) is 0 Å². The quantitative estimate of drug-likeness (QED) is 0.661. The lowest BCUT2D eigenvalue weighted by atomic mass is 9.76. The number of aryl methyl sites for hydroxylation is 2. The molecule has 3 N–H and O–H groups in total. The number of methoxy groups -OCH3 is 1. The first-order chi connectivity index (χ1) is 11.5. The molecule has 0 unspecified atom stereocenters. The SMILES string of the molecule is COc1cccc(C2CC(N=C(N)Nc3cc(C)cc(C)c3)C2)c1. The van der Waals surface area contributed by atoms with Crippen LogP contribution >= 0.6 is 0 Å². The van der Waals surface area contributed by atoms with E-state index in [2.05, 4.69) is 54.5 Å².